The fraction of sp³-hybridized carbons (Fsp3) is 0.778. The molecule has 0 radical (unpaired) electrons. The van der Waals surface area contributed by atoms with Crippen LogP contribution < -0.4 is 5.32 Å². The van der Waals surface area contributed by atoms with Gasteiger partial charge in [-0.3, -0.25) is 9.59 Å². The minimum atomic E-state index is -0.751. The van der Waals surface area contributed by atoms with E-state index in [-0.39, 0.29) is 18.2 Å². The molecule has 0 aromatic heterocycles. The first-order valence-corrected chi connectivity index (χ1v) is 9.30. The van der Waals surface area contributed by atoms with Crippen molar-refractivity contribution in [3.63, 3.8) is 0 Å². The van der Waals surface area contributed by atoms with Crippen LogP contribution in [0.4, 0.5) is 0 Å². The van der Waals surface area contributed by atoms with Gasteiger partial charge < -0.3 is 14.8 Å². The highest BCUT2D eigenvalue weighted by Crippen LogP contribution is 2.37. The Morgan fingerprint density at radius 1 is 1.35 bits per heavy atom. The van der Waals surface area contributed by atoms with Gasteiger partial charge in [0.15, 0.2) is 11.8 Å². The van der Waals surface area contributed by atoms with Crippen molar-refractivity contribution >= 4 is 41.0 Å². The van der Waals surface area contributed by atoms with E-state index in [0.717, 1.165) is 0 Å². The van der Waals surface area contributed by atoms with Crippen molar-refractivity contribution < 1.29 is 19.1 Å². The highest BCUT2D eigenvalue weighted by molar-refractivity contribution is 8.64. The summed E-state index contributed by atoms with van der Waals surface area (Å²) in [4.78, 5) is 22.3. The minimum Gasteiger partial charge on any atom is -0.465 e. The highest BCUT2D eigenvalue weighted by atomic mass is 32.9. The first-order valence-electron chi connectivity index (χ1n) is 5.17. The summed E-state index contributed by atoms with van der Waals surface area (Å²) in [6, 6.07) is 0. The molecule has 0 aliphatic heterocycles. The van der Waals surface area contributed by atoms with Gasteiger partial charge in [0.1, 0.15) is 23.7 Å². The van der Waals surface area contributed by atoms with Crippen LogP contribution in [0.1, 0.15) is 13.8 Å². The monoisotopic (exact) mass is 298 g/mol. The van der Waals surface area contributed by atoms with E-state index in [1.54, 1.807) is 6.92 Å². The third-order valence-corrected chi connectivity index (χ3v) is 5.38. The maximum atomic E-state index is 11.3. The van der Waals surface area contributed by atoms with E-state index < -0.39 is 11.9 Å². The molecule has 0 fully saturated rings. The van der Waals surface area contributed by atoms with Gasteiger partial charge in [-0.15, -0.1) is 0 Å². The Balaban J connectivity index is 3.59. The van der Waals surface area contributed by atoms with Gasteiger partial charge >= 0.3 is 5.97 Å². The number of carbonyl (C=O) groups excluding carboxylic acids is 2. The van der Waals surface area contributed by atoms with Crippen molar-refractivity contribution in [2.45, 2.75) is 13.8 Å². The Labute approximate surface area is 111 Å². The molecule has 0 rings (SSSR count). The number of hydrogen-bond donors (Lipinski definition) is 1. The summed E-state index contributed by atoms with van der Waals surface area (Å²) in [5, 5.41) is 2.47. The largest absolute Gasteiger partial charge is 0.465 e. The van der Waals surface area contributed by atoms with Crippen molar-refractivity contribution in [1.82, 2.24) is 5.32 Å². The number of nitrogens with one attached hydrogen (secondary N) is 1. The third-order valence-electron chi connectivity index (χ3n) is 1.48. The van der Waals surface area contributed by atoms with E-state index in [4.69, 9.17) is 16.5 Å². The Morgan fingerprint density at radius 2 is 2.06 bits per heavy atom. The lowest BCUT2D eigenvalue weighted by atomic mass is 10.6. The molecule has 0 aliphatic rings. The molecule has 0 aliphatic carbocycles. The van der Waals surface area contributed by atoms with Gasteiger partial charge in [-0.1, -0.05) is 0 Å². The second-order valence-electron chi connectivity index (χ2n) is 2.81. The number of rotatable bonds is 9. The van der Waals surface area contributed by atoms with E-state index in [9.17, 15) is 9.59 Å². The van der Waals surface area contributed by atoms with Gasteiger partial charge in [0.2, 0.25) is 12.3 Å². The zero-order valence-corrected chi connectivity index (χ0v) is 12.5. The summed E-state index contributed by atoms with van der Waals surface area (Å²) >= 11 is 6.51. The molecule has 5 nitrogen and oxygen atoms in total. The summed E-state index contributed by atoms with van der Waals surface area (Å²) < 4.78 is 9.83. The molecule has 0 spiro atoms. The van der Waals surface area contributed by atoms with Crippen LogP contribution in [0.5, 0.6) is 0 Å². The molecule has 1 unspecified atom stereocenters. The second-order valence-corrected chi connectivity index (χ2v) is 8.39. The fourth-order valence-electron chi connectivity index (χ4n) is 0.768. The van der Waals surface area contributed by atoms with Crippen LogP contribution in [0.2, 0.25) is 0 Å². The SMILES string of the molecule is CCOC[P+](=S)SCC(=O)NCC(=O)OCC. The summed E-state index contributed by atoms with van der Waals surface area (Å²) in [6.07, 6.45) is 0.511. The number of esters is 1. The maximum Gasteiger partial charge on any atom is 0.325 e. The Kier molecular flexibility index (Phi) is 10.7. The Bertz CT molecular complexity index is 276. The first kappa shape index (κ1) is 16.8. The lowest BCUT2D eigenvalue weighted by molar-refractivity contribution is -0.143. The van der Waals surface area contributed by atoms with Crippen molar-refractivity contribution in [2.75, 3.05) is 31.9 Å². The van der Waals surface area contributed by atoms with E-state index >= 15 is 0 Å². The quantitative estimate of drug-likeness (QED) is 0.510. The minimum absolute atomic E-state index is 0.0892. The first-order chi connectivity index (χ1) is 8.10. The second kappa shape index (κ2) is 10.9. The predicted molar refractivity (Wildman–Crippen MR) is 72.9 cm³/mol. The van der Waals surface area contributed by atoms with Crippen molar-refractivity contribution in [1.29, 1.82) is 0 Å². The van der Waals surface area contributed by atoms with Crippen LogP contribution >= 0.6 is 17.3 Å². The maximum absolute atomic E-state index is 11.3. The molecule has 1 atom stereocenters. The van der Waals surface area contributed by atoms with Gasteiger partial charge in [-0.25, -0.2) is 0 Å². The normalized spacial score (nSPS) is 10.8. The van der Waals surface area contributed by atoms with Gasteiger partial charge in [-0.2, -0.15) is 0 Å². The zero-order chi connectivity index (χ0) is 13.1. The zero-order valence-electron chi connectivity index (χ0n) is 9.93. The fourth-order valence-corrected chi connectivity index (χ4v) is 3.47. The molecule has 0 saturated carbocycles. The molecule has 98 valence electrons. The van der Waals surface area contributed by atoms with E-state index in [1.807, 2.05) is 6.92 Å². The third kappa shape index (κ3) is 10.6. The molecule has 8 heteroatoms. The molecule has 1 N–H and O–H groups in total. The van der Waals surface area contributed by atoms with Crippen LogP contribution in [-0.4, -0.2) is 43.7 Å². The molecule has 0 heterocycles. The van der Waals surface area contributed by atoms with Crippen molar-refractivity contribution in [3.05, 3.63) is 0 Å². The molecular weight excluding hydrogens is 281 g/mol. The Morgan fingerprint density at radius 3 is 2.65 bits per heavy atom. The summed E-state index contributed by atoms with van der Waals surface area (Å²) in [7, 11) is 0. The van der Waals surface area contributed by atoms with Gasteiger partial charge in [-0.05, 0) is 13.8 Å². The summed E-state index contributed by atoms with van der Waals surface area (Å²) in [6.45, 7) is 4.47. The lowest BCUT2D eigenvalue weighted by Crippen LogP contribution is -2.31. The van der Waals surface area contributed by atoms with E-state index in [0.29, 0.717) is 19.6 Å². The van der Waals surface area contributed by atoms with E-state index in [2.05, 4.69) is 10.1 Å². The average molecular weight is 298 g/mol. The molecule has 0 bridgehead atoms. The van der Waals surface area contributed by atoms with Gasteiger partial charge in [0, 0.05) is 6.61 Å². The van der Waals surface area contributed by atoms with Crippen LogP contribution in [0.15, 0.2) is 0 Å². The highest BCUT2D eigenvalue weighted by Gasteiger charge is 2.15. The smallest absolute Gasteiger partial charge is 0.325 e. The van der Waals surface area contributed by atoms with Crippen LogP contribution in [0.3, 0.4) is 0 Å². The van der Waals surface area contributed by atoms with E-state index in [1.165, 1.54) is 11.4 Å². The molecule has 0 aromatic rings. The van der Waals surface area contributed by atoms with Crippen molar-refractivity contribution in [3.8, 4) is 0 Å². The predicted octanol–water partition coefficient (Wildman–Crippen LogP) is 1.25. The standard InChI is InChI=1S/C9H16NO4PS2/c1-3-13-7-15(16)17-6-8(11)10-5-9(12)14-4-2/h3-7H2,1-2H3/p+1. The van der Waals surface area contributed by atoms with Gasteiger partial charge in [0.25, 0.3) is 5.90 Å². The summed E-state index contributed by atoms with van der Waals surface area (Å²) in [5.74, 6) is -1.14. The summed E-state index contributed by atoms with van der Waals surface area (Å²) in [5.41, 5.74) is 0. The lowest BCUT2D eigenvalue weighted by Gasteiger charge is -2.02. The topological polar surface area (TPSA) is 64.6 Å². The van der Waals surface area contributed by atoms with Crippen LogP contribution in [-0.2, 0) is 30.9 Å². The van der Waals surface area contributed by atoms with Crippen LogP contribution in [0, 0.1) is 0 Å². The number of carbonyl (C=O) groups is 2. The molecule has 0 aromatic carbocycles. The number of ether oxygens (including phenoxy) is 2. The van der Waals surface area contributed by atoms with Crippen molar-refractivity contribution in [2.24, 2.45) is 0 Å². The number of hydrogen-bond acceptors (Lipinski definition) is 6. The molecule has 1 amide bonds. The molecular formula is C9H17NO4PS2+. The molecule has 17 heavy (non-hydrogen) atoms. The number of amides is 1. The van der Waals surface area contributed by atoms with Gasteiger partial charge in [0.05, 0.1) is 6.61 Å². The Hall–Kier alpha value is -0.230. The van der Waals surface area contributed by atoms with Crippen LogP contribution in [0.25, 0.3) is 0 Å². The molecule has 0 saturated heterocycles. The average Bonchev–Trinajstić information content (AvgIpc) is 2.31.